The van der Waals surface area contributed by atoms with Crippen LogP contribution in [0.5, 0.6) is 5.75 Å². The molecule has 0 heterocycles. The molecule has 5 nitrogen and oxygen atoms in total. The summed E-state index contributed by atoms with van der Waals surface area (Å²) in [6.45, 7) is 9.03. The predicted molar refractivity (Wildman–Crippen MR) is 106 cm³/mol. The first-order chi connectivity index (χ1) is 12.5. The van der Waals surface area contributed by atoms with E-state index < -0.39 is 17.7 Å². The highest BCUT2D eigenvalue weighted by Gasteiger charge is 2.23. The summed E-state index contributed by atoms with van der Waals surface area (Å²) in [5, 5.41) is 38.3. The van der Waals surface area contributed by atoms with Gasteiger partial charge in [0.25, 0.3) is 0 Å². The molecule has 0 aliphatic rings. The van der Waals surface area contributed by atoms with E-state index >= 15 is 0 Å². The summed E-state index contributed by atoms with van der Waals surface area (Å²) in [7, 11) is 0. The highest BCUT2D eigenvalue weighted by atomic mass is 16.4. The molecule has 5 heteroatoms. The highest BCUT2D eigenvalue weighted by molar-refractivity contribution is 5.88. The standard InChI is InChI=1S/C22H28O5/c1-15(6-5-7-16(2)9-13-20(24)22(3,4)27)8-10-17-14-18(21(25)26)11-12-19(17)23/h7,11-12,14,20,23-24,27H,1,5-6,9,13H2,2-4H3,(H,25,26)/b16-7+/t20-/m0/s1. The Labute approximate surface area is 160 Å². The second-order valence-electron chi connectivity index (χ2n) is 7.19. The molecule has 0 saturated heterocycles. The Hall–Kier alpha value is -2.55. The lowest BCUT2D eigenvalue weighted by molar-refractivity contribution is -0.0509. The summed E-state index contributed by atoms with van der Waals surface area (Å²) in [6.07, 6.45) is 3.84. The summed E-state index contributed by atoms with van der Waals surface area (Å²) in [5.74, 6) is 4.46. The van der Waals surface area contributed by atoms with E-state index in [1.54, 1.807) is 13.8 Å². The number of aromatic hydroxyl groups is 1. The van der Waals surface area contributed by atoms with E-state index in [0.717, 1.165) is 12.0 Å². The molecular formula is C22H28O5. The first kappa shape index (κ1) is 22.5. The minimum absolute atomic E-state index is 0.0644. The lowest BCUT2D eigenvalue weighted by Gasteiger charge is -2.24. The van der Waals surface area contributed by atoms with Crippen molar-refractivity contribution < 1.29 is 25.2 Å². The molecule has 1 aromatic carbocycles. The van der Waals surface area contributed by atoms with Crippen molar-refractivity contribution in [2.75, 3.05) is 0 Å². The number of carboxylic acids is 1. The maximum atomic E-state index is 11.0. The number of aromatic carboxylic acids is 1. The van der Waals surface area contributed by atoms with Gasteiger partial charge in [-0.3, -0.25) is 0 Å². The number of benzene rings is 1. The van der Waals surface area contributed by atoms with Crippen LogP contribution in [0.25, 0.3) is 0 Å². The molecule has 1 rings (SSSR count). The minimum Gasteiger partial charge on any atom is -0.507 e. The van der Waals surface area contributed by atoms with Gasteiger partial charge in [0.05, 0.1) is 22.8 Å². The zero-order chi connectivity index (χ0) is 20.6. The van der Waals surface area contributed by atoms with Crippen LogP contribution in [0.4, 0.5) is 0 Å². The van der Waals surface area contributed by atoms with Gasteiger partial charge in [-0.05, 0) is 70.2 Å². The fraction of sp³-hybridized carbons (Fsp3) is 0.409. The van der Waals surface area contributed by atoms with E-state index in [2.05, 4.69) is 18.4 Å². The summed E-state index contributed by atoms with van der Waals surface area (Å²) in [5.41, 5.74) is 1.01. The Morgan fingerprint density at radius 2 is 2.00 bits per heavy atom. The molecule has 146 valence electrons. The zero-order valence-electron chi connectivity index (χ0n) is 16.1. The van der Waals surface area contributed by atoms with Gasteiger partial charge >= 0.3 is 5.97 Å². The van der Waals surface area contributed by atoms with E-state index in [1.807, 2.05) is 13.0 Å². The fourth-order valence-corrected chi connectivity index (χ4v) is 2.30. The molecule has 0 bridgehead atoms. The second-order valence-corrected chi connectivity index (χ2v) is 7.19. The van der Waals surface area contributed by atoms with Crippen LogP contribution in [-0.4, -0.2) is 38.1 Å². The third-order valence-corrected chi connectivity index (χ3v) is 4.18. The SMILES string of the molecule is C=C(C#Cc1cc(C(=O)O)ccc1O)CC/C=C(\C)CC[C@H](O)C(C)(C)O. The van der Waals surface area contributed by atoms with E-state index in [9.17, 15) is 20.1 Å². The maximum Gasteiger partial charge on any atom is 0.335 e. The summed E-state index contributed by atoms with van der Waals surface area (Å²) in [6, 6.07) is 3.96. The second kappa shape index (κ2) is 9.96. The molecule has 27 heavy (non-hydrogen) atoms. The molecule has 0 spiro atoms. The topological polar surface area (TPSA) is 98.0 Å². The molecule has 0 fully saturated rings. The van der Waals surface area contributed by atoms with Crippen molar-refractivity contribution >= 4 is 5.97 Å². The van der Waals surface area contributed by atoms with Gasteiger partial charge in [-0.1, -0.05) is 30.1 Å². The van der Waals surface area contributed by atoms with Crippen molar-refractivity contribution in [1.29, 1.82) is 0 Å². The molecule has 0 amide bonds. The summed E-state index contributed by atoms with van der Waals surface area (Å²) >= 11 is 0. The first-order valence-electron chi connectivity index (χ1n) is 8.83. The Bertz CT molecular complexity index is 772. The van der Waals surface area contributed by atoms with E-state index in [-0.39, 0.29) is 16.9 Å². The van der Waals surface area contributed by atoms with Crippen LogP contribution in [0, 0.1) is 11.8 Å². The van der Waals surface area contributed by atoms with Gasteiger partial charge in [0.1, 0.15) is 5.75 Å². The molecule has 0 radical (unpaired) electrons. The Morgan fingerprint density at radius 3 is 2.59 bits per heavy atom. The van der Waals surface area contributed by atoms with E-state index in [0.29, 0.717) is 24.8 Å². The van der Waals surface area contributed by atoms with Gasteiger partial charge < -0.3 is 20.4 Å². The Morgan fingerprint density at radius 1 is 1.33 bits per heavy atom. The third kappa shape index (κ3) is 8.12. The van der Waals surface area contributed by atoms with Crippen molar-refractivity contribution in [2.45, 2.75) is 58.2 Å². The molecular weight excluding hydrogens is 344 g/mol. The van der Waals surface area contributed by atoms with Crippen molar-refractivity contribution in [2.24, 2.45) is 0 Å². The average Bonchev–Trinajstić information content (AvgIpc) is 2.57. The molecule has 0 saturated carbocycles. The third-order valence-electron chi connectivity index (χ3n) is 4.18. The summed E-state index contributed by atoms with van der Waals surface area (Å²) < 4.78 is 0. The van der Waals surface area contributed by atoms with E-state index in [1.165, 1.54) is 18.2 Å². The number of aliphatic hydroxyl groups is 2. The zero-order valence-corrected chi connectivity index (χ0v) is 16.1. The van der Waals surface area contributed by atoms with Gasteiger partial charge in [0.15, 0.2) is 0 Å². The van der Waals surface area contributed by atoms with Crippen LogP contribution in [-0.2, 0) is 0 Å². The number of carbonyl (C=O) groups is 1. The number of phenolic OH excluding ortho intramolecular Hbond substituents is 1. The van der Waals surface area contributed by atoms with Crippen LogP contribution in [0.15, 0.2) is 42.0 Å². The first-order valence-corrected chi connectivity index (χ1v) is 8.83. The minimum atomic E-state index is -1.10. The van der Waals surface area contributed by atoms with Crippen LogP contribution in [0.1, 0.15) is 62.4 Å². The molecule has 4 N–H and O–H groups in total. The van der Waals surface area contributed by atoms with Crippen LogP contribution in [0.3, 0.4) is 0 Å². The molecule has 1 atom stereocenters. The molecule has 0 aliphatic heterocycles. The number of hydrogen-bond donors (Lipinski definition) is 4. The molecule has 1 aromatic rings. The van der Waals surface area contributed by atoms with Crippen LogP contribution >= 0.6 is 0 Å². The van der Waals surface area contributed by atoms with Gasteiger partial charge in [0.2, 0.25) is 0 Å². The van der Waals surface area contributed by atoms with Crippen molar-refractivity contribution in [1.82, 2.24) is 0 Å². The number of allylic oxidation sites excluding steroid dienone is 3. The number of hydrogen-bond acceptors (Lipinski definition) is 4. The molecule has 0 aromatic heterocycles. The monoisotopic (exact) mass is 372 g/mol. The Balaban J connectivity index is 2.56. The maximum absolute atomic E-state index is 11.0. The summed E-state index contributed by atoms with van der Waals surface area (Å²) in [4.78, 5) is 11.0. The average molecular weight is 372 g/mol. The van der Waals surface area contributed by atoms with Crippen LogP contribution < -0.4 is 0 Å². The molecule has 0 aliphatic carbocycles. The van der Waals surface area contributed by atoms with Gasteiger partial charge in [0, 0.05) is 0 Å². The van der Waals surface area contributed by atoms with Gasteiger partial charge in [-0.25, -0.2) is 4.79 Å². The largest absolute Gasteiger partial charge is 0.507 e. The van der Waals surface area contributed by atoms with Gasteiger partial charge in [-0.15, -0.1) is 0 Å². The fourth-order valence-electron chi connectivity index (χ4n) is 2.30. The number of rotatable bonds is 8. The Kier molecular flexibility index (Phi) is 8.30. The van der Waals surface area contributed by atoms with Crippen molar-refractivity contribution in [3.63, 3.8) is 0 Å². The highest BCUT2D eigenvalue weighted by Crippen LogP contribution is 2.19. The number of carboxylic acid groups (broad SMARTS) is 1. The predicted octanol–water partition coefficient (Wildman–Crippen LogP) is 3.64. The molecule has 0 unspecified atom stereocenters. The van der Waals surface area contributed by atoms with Gasteiger partial charge in [-0.2, -0.15) is 0 Å². The number of phenols is 1. The lowest BCUT2D eigenvalue weighted by Crippen LogP contribution is -2.35. The smallest absolute Gasteiger partial charge is 0.335 e. The van der Waals surface area contributed by atoms with Crippen molar-refractivity contribution in [3.8, 4) is 17.6 Å². The quantitative estimate of drug-likeness (QED) is 0.413. The van der Waals surface area contributed by atoms with Crippen LogP contribution in [0.2, 0.25) is 0 Å². The van der Waals surface area contributed by atoms with Crippen molar-refractivity contribution in [3.05, 3.63) is 53.1 Å². The lowest BCUT2D eigenvalue weighted by atomic mass is 9.95. The number of aliphatic hydroxyl groups excluding tert-OH is 1. The normalized spacial score (nSPS) is 12.9. The van der Waals surface area contributed by atoms with E-state index in [4.69, 9.17) is 5.11 Å².